The number of ether oxygens (including phenoxy) is 3. The molecular weight excluding hydrogens is 659 g/mol. The number of carbonyl (C=O) groups is 3. The lowest BCUT2D eigenvalue weighted by molar-refractivity contribution is -0.119. The van der Waals surface area contributed by atoms with Crippen LogP contribution in [0.2, 0.25) is 0 Å². The third-order valence-corrected chi connectivity index (χ3v) is 11.8. The number of Topliss-reactive ketones (excluding diaryl/α,β-unsaturated/α-hetero) is 1. The monoisotopic (exact) mass is 709 g/mol. The molecule has 1 aliphatic heterocycles. The summed E-state index contributed by atoms with van der Waals surface area (Å²) in [5.74, 6) is 2.71. The fraction of sp³-hybridized carbons (Fsp3) is 0.632. The molecular formula is C38H51N3O6S2. The van der Waals surface area contributed by atoms with Gasteiger partial charge in [0.2, 0.25) is 0 Å². The van der Waals surface area contributed by atoms with E-state index in [1.807, 2.05) is 39.0 Å². The van der Waals surface area contributed by atoms with Crippen LogP contribution < -0.4 is 14.8 Å². The normalized spacial score (nSPS) is 20.4. The highest BCUT2D eigenvalue weighted by Crippen LogP contribution is 2.40. The Labute approximate surface area is 300 Å². The number of thiophene rings is 1. The number of thiocarbonyl (C=S) groups is 1. The van der Waals surface area contributed by atoms with Gasteiger partial charge in [-0.2, -0.15) is 0 Å². The van der Waals surface area contributed by atoms with Gasteiger partial charge in [0.15, 0.2) is 0 Å². The van der Waals surface area contributed by atoms with E-state index in [9.17, 15) is 14.4 Å². The Morgan fingerprint density at radius 3 is 2.49 bits per heavy atom. The number of amides is 2. The Morgan fingerprint density at radius 1 is 1.04 bits per heavy atom. The average molecular weight is 710 g/mol. The molecule has 4 aliphatic rings. The summed E-state index contributed by atoms with van der Waals surface area (Å²) in [5, 5.41) is 3.20. The van der Waals surface area contributed by atoms with E-state index in [1.165, 1.54) is 17.7 Å². The second-order valence-corrected chi connectivity index (χ2v) is 16.9. The van der Waals surface area contributed by atoms with Crippen molar-refractivity contribution >= 4 is 46.3 Å². The summed E-state index contributed by atoms with van der Waals surface area (Å²) < 4.78 is 16.9. The number of fused-ring (bicyclic) bond motifs is 1. The third-order valence-electron chi connectivity index (χ3n) is 10.2. The van der Waals surface area contributed by atoms with Crippen molar-refractivity contribution in [2.24, 2.45) is 17.8 Å². The Kier molecular flexibility index (Phi) is 10.9. The van der Waals surface area contributed by atoms with Crippen LogP contribution in [0.25, 0.3) is 0 Å². The fourth-order valence-corrected chi connectivity index (χ4v) is 8.88. The van der Waals surface area contributed by atoms with Crippen molar-refractivity contribution in [3.05, 3.63) is 44.6 Å². The van der Waals surface area contributed by atoms with Gasteiger partial charge in [-0.1, -0.05) is 12.2 Å². The van der Waals surface area contributed by atoms with Crippen LogP contribution >= 0.6 is 23.6 Å². The summed E-state index contributed by atoms with van der Waals surface area (Å²) in [6.45, 7) is 8.02. The van der Waals surface area contributed by atoms with Crippen LogP contribution in [0.3, 0.4) is 0 Å². The minimum absolute atomic E-state index is 0.0207. The maximum atomic E-state index is 13.7. The van der Waals surface area contributed by atoms with Crippen LogP contribution in [-0.2, 0) is 35.3 Å². The van der Waals surface area contributed by atoms with Crippen molar-refractivity contribution in [2.75, 3.05) is 33.9 Å². The molecule has 1 N–H and O–H groups in total. The molecule has 3 aliphatic carbocycles. The predicted molar refractivity (Wildman–Crippen MR) is 195 cm³/mol. The minimum Gasteiger partial charge on any atom is -0.497 e. The highest BCUT2D eigenvalue weighted by Gasteiger charge is 2.37. The van der Waals surface area contributed by atoms with E-state index in [1.54, 1.807) is 30.5 Å². The van der Waals surface area contributed by atoms with Gasteiger partial charge in [0.05, 0.1) is 24.8 Å². The number of hydrogen-bond acceptors (Lipinski definition) is 8. The number of ketones is 1. The summed E-state index contributed by atoms with van der Waals surface area (Å²) in [7, 11) is 3.30. The number of methoxy groups -OCH3 is 2. The Balaban J connectivity index is 1.21. The second-order valence-electron chi connectivity index (χ2n) is 15.3. The van der Waals surface area contributed by atoms with Crippen molar-refractivity contribution in [1.29, 1.82) is 0 Å². The summed E-state index contributed by atoms with van der Waals surface area (Å²) >= 11 is 7.95. The van der Waals surface area contributed by atoms with Crippen molar-refractivity contribution in [2.45, 2.75) is 103 Å². The van der Waals surface area contributed by atoms with Gasteiger partial charge in [-0.15, -0.1) is 11.3 Å². The van der Waals surface area contributed by atoms with E-state index < -0.39 is 5.60 Å². The molecule has 2 aromatic rings. The first-order chi connectivity index (χ1) is 23.4. The Bertz CT molecular complexity index is 1570. The zero-order chi connectivity index (χ0) is 34.9. The first kappa shape index (κ1) is 35.6. The topological polar surface area (TPSA) is 97.4 Å². The predicted octanol–water partition coefficient (Wildman–Crippen LogP) is 6.76. The van der Waals surface area contributed by atoms with Crippen LogP contribution in [0.4, 0.5) is 4.79 Å². The van der Waals surface area contributed by atoms with E-state index in [0.29, 0.717) is 44.9 Å². The summed E-state index contributed by atoms with van der Waals surface area (Å²) in [6.07, 6.45) is 8.46. The average Bonchev–Trinajstić information content (AvgIpc) is 4.00. The molecule has 2 heterocycles. The van der Waals surface area contributed by atoms with E-state index in [2.05, 4.69) is 10.2 Å². The van der Waals surface area contributed by atoms with Crippen molar-refractivity contribution in [3.63, 3.8) is 0 Å². The number of likely N-dealkylation sites (tertiary alicyclic amines) is 1. The lowest BCUT2D eigenvalue weighted by Crippen LogP contribution is -2.43. The van der Waals surface area contributed by atoms with Crippen molar-refractivity contribution < 1.29 is 28.6 Å². The van der Waals surface area contributed by atoms with Crippen molar-refractivity contribution in [1.82, 2.24) is 15.1 Å². The number of aryl methyl sites for hydroxylation is 1. The molecule has 11 heteroatoms. The molecule has 1 saturated heterocycles. The summed E-state index contributed by atoms with van der Waals surface area (Å²) in [4.78, 5) is 46.7. The molecule has 0 unspecified atom stereocenters. The van der Waals surface area contributed by atoms with E-state index in [0.717, 1.165) is 76.6 Å². The van der Waals surface area contributed by atoms with Crippen LogP contribution in [0, 0.1) is 17.8 Å². The standard InChI is InChI=1S/C38H51N3O6S2/c1-38(2,3)47-37(44)40-15-14-27(22-40)41(21-26-11-12-28(45-4)18-31(26)46-5)34(48)17-24-8-13-32-29(16-24)35(36(43)39-20-23-6-7-23)33(49-32)19-30(42)25-9-10-25/h11-12,18,23-25,27H,6-10,13-17,19-22H2,1-5H3,(H,39,43)/t24-,27-/m0/s1. The van der Waals surface area contributed by atoms with Crippen LogP contribution in [0.1, 0.15) is 97.0 Å². The van der Waals surface area contributed by atoms with E-state index >= 15 is 0 Å². The van der Waals surface area contributed by atoms with Gasteiger partial charge in [-0.05, 0) is 102 Å². The smallest absolute Gasteiger partial charge is 0.410 e. The number of benzene rings is 1. The molecule has 0 bridgehead atoms. The van der Waals surface area contributed by atoms with Gasteiger partial charge in [-0.3, -0.25) is 9.59 Å². The second kappa shape index (κ2) is 15.0. The van der Waals surface area contributed by atoms with Crippen molar-refractivity contribution in [3.8, 4) is 11.5 Å². The quantitative estimate of drug-likeness (QED) is 0.228. The third kappa shape index (κ3) is 8.95. The SMILES string of the molecule is COc1ccc(CN(C(=S)C[C@H]2CCc3sc(CC(=O)C4CC4)c(C(=O)NCC4CC4)c3C2)[C@H]2CCN(C(=O)OC(C)(C)C)C2)c(OC)c1. The molecule has 2 atom stereocenters. The van der Waals surface area contributed by atoms with Gasteiger partial charge in [0, 0.05) is 72.4 Å². The highest BCUT2D eigenvalue weighted by atomic mass is 32.1. The molecule has 1 aromatic carbocycles. The number of nitrogens with zero attached hydrogens (tertiary/aromatic N) is 2. The summed E-state index contributed by atoms with van der Waals surface area (Å²) in [5.41, 5.74) is 2.30. The van der Waals surface area contributed by atoms with Crippen LogP contribution in [-0.4, -0.2) is 78.1 Å². The van der Waals surface area contributed by atoms with Gasteiger partial charge in [0.25, 0.3) is 5.91 Å². The summed E-state index contributed by atoms with van der Waals surface area (Å²) in [6, 6.07) is 5.86. The van der Waals surface area contributed by atoms with E-state index in [-0.39, 0.29) is 35.7 Å². The first-order valence-electron chi connectivity index (χ1n) is 17.8. The lowest BCUT2D eigenvalue weighted by Gasteiger charge is -2.34. The zero-order valence-electron chi connectivity index (χ0n) is 29.6. The van der Waals surface area contributed by atoms with Crippen LogP contribution in [0.5, 0.6) is 11.5 Å². The molecule has 2 amide bonds. The maximum Gasteiger partial charge on any atom is 0.410 e. The van der Waals surface area contributed by atoms with Gasteiger partial charge in [-0.25, -0.2) is 4.79 Å². The maximum absolute atomic E-state index is 13.7. The van der Waals surface area contributed by atoms with Gasteiger partial charge >= 0.3 is 6.09 Å². The number of hydrogen-bond donors (Lipinski definition) is 1. The minimum atomic E-state index is -0.569. The fourth-order valence-electron chi connectivity index (χ4n) is 7.07. The van der Waals surface area contributed by atoms with Crippen LogP contribution in [0.15, 0.2) is 18.2 Å². The molecule has 0 radical (unpaired) electrons. The Morgan fingerprint density at radius 2 is 1.82 bits per heavy atom. The number of carbonyl (C=O) groups excluding carboxylic acids is 3. The molecule has 9 nitrogen and oxygen atoms in total. The zero-order valence-corrected chi connectivity index (χ0v) is 31.2. The molecule has 1 aromatic heterocycles. The molecule has 49 heavy (non-hydrogen) atoms. The Hall–Kier alpha value is -3.18. The molecule has 3 fully saturated rings. The van der Waals surface area contributed by atoms with Gasteiger partial charge in [0.1, 0.15) is 22.9 Å². The number of nitrogens with one attached hydrogen (secondary N) is 1. The molecule has 266 valence electrons. The molecule has 6 rings (SSSR count). The molecule has 2 saturated carbocycles. The largest absolute Gasteiger partial charge is 0.497 e. The number of rotatable bonds is 13. The van der Waals surface area contributed by atoms with Gasteiger partial charge < -0.3 is 29.3 Å². The van der Waals surface area contributed by atoms with E-state index in [4.69, 9.17) is 26.4 Å². The lowest BCUT2D eigenvalue weighted by atomic mass is 9.83. The highest BCUT2D eigenvalue weighted by molar-refractivity contribution is 7.80. The first-order valence-corrected chi connectivity index (χ1v) is 19.1. The molecule has 0 spiro atoms.